The molecule has 3 aromatic rings. The number of phenols is 2. The molecule has 1 aliphatic rings. The van der Waals surface area contributed by atoms with Crippen molar-refractivity contribution in [1.82, 2.24) is 9.78 Å². The van der Waals surface area contributed by atoms with E-state index in [1.54, 1.807) is 24.3 Å². The van der Waals surface area contributed by atoms with Gasteiger partial charge in [-0.05, 0) is 42.7 Å². The monoisotopic (exact) mass is 441 g/mol. The molecular weight excluding hydrogens is 414 g/mol. The number of methoxy groups -OCH3 is 2. The minimum absolute atomic E-state index is 0.0290. The maximum atomic E-state index is 10.4. The van der Waals surface area contributed by atoms with Gasteiger partial charge in [-0.2, -0.15) is 5.10 Å². The molecule has 1 aliphatic carbocycles. The summed E-state index contributed by atoms with van der Waals surface area (Å²) in [6.45, 7) is 0. The molecule has 0 radical (unpaired) electrons. The summed E-state index contributed by atoms with van der Waals surface area (Å²) in [4.78, 5) is 5.83. The highest BCUT2D eigenvalue weighted by molar-refractivity contribution is 7.12. The van der Waals surface area contributed by atoms with Crippen LogP contribution in [0, 0.1) is 0 Å². The molecule has 0 bridgehead atoms. The first-order valence-corrected chi connectivity index (χ1v) is 11.2. The van der Waals surface area contributed by atoms with Gasteiger partial charge in [-0.1, -0.05) is 36.7 Å². The molecule has 0 aliphatic heterocycles. The lowest BCUT2D eigenvalue weighted by Gasteiger charge is -2.16. The molecule has 0 atom stereocenters. The molecule has 4 rings (SSSR count). The number of phenolic OH excluding ortho intramolecular Hbond substituents is 2. The number of aromatic nitrogens is 2. The van der Waals surface area contributed by atoms with Crippen LogP contribution in [-0.2, 0) is 7.05 Å². The fourth-order valence-corrected chi connectivity index (χ4v) is 5.00. The quantitative estimate of drug-likeness (QED) is 0.609. The molecule has 0 amide bonds. The summed E-state index contributed by atoms with van der Waals surface area (Å²) >= 11 is 1.52. The second-order valence-corrected chi connectivity index (χ2v) is 8.62. The van der Waals surface area contributed by atoms with Gasteiger partial charge >= 0.3 is 0 Å². The second kappa shape index (κ2) is 9.01. The van der Waals surface area contributed by atoms with Crippen LogP contribution in [0.4, 0.5) is 0 Å². The molecule has 1 saturated carbocycles. The van der Waals surface area contributed by atoms with Gasteiger partial charge in [-0.25, -0.2) is 4.68 Å². The number of aromatic hydroxyl groups is 2. The van der Waals surface area contributed by atoms with Crippen molar-refractivity contribution in [2.45, 2.75) is 38.1 Å². The third-order valence-corrected chi connectivity index (χ3v) is 6.66. The van der Waals surface area contributed by atoms with E-state index in [1.165, 1.54) is 44.8 Å². The zero-order chi connectivity index (χ0) is 22.0. The van der Waals surface area contributed by atoms with E-state index >= 15 is 0 Å². The lowest BCUT2D eigenvalue weighted by Crippen LogP contribution is -2.18. The average Bonchev–Trinajstić information content (AvgIpc) is 3.14. The highest BCUT2D eigenvalue weighted by Crippen LogP contribution is 2.46. The molecule has 164 valence electrons. The molecule has 0 saturated heterocycles. The lowest BCUT2D eigenvalue weighted by atomic mass is 9.96. The first kappa shape index (κ1) is 21.2. The van der Waals surface area contributed by atoms with E-state index in [4.69, 9.17) is 19.6 Å². The number of ether oxygens (including phenoxy) is 2. The van der Waals surface area contributed by atoms with Crippen LogP contribution >= 0.6 is 11.3 Å². The van der Waals surface area contributed by atoms with E-state index in [1.807, 2.05) is 17.8 Å². The first-order chi connectivity index (χ1) is 15.0. The van der Waals surface area contributed by atoms with Gasteiger partial charge in [0.15, 0.2) is 23.0 Å². The molecule has 0 unspecified atom stereocenters. The highest BCUT2D eigenvalue weighted by Gasteiger charge is 2.21. The summed E-state index contributed by atoms with van der Waals surface area (Å²) in [7, 11) is 4.92. The van der Waals surface area contributed by atoms with E-state index in [-0.39, 0.29) is 11.5 Å². The number of hydrogen-bond acceptors (Lipinski definition) is 7. The molecule has 2 N–H and O–H groups in total. The fourth-order valence-electron chi connectivity index (χ4n) is 4.01. The Morgan fingerprint density at radius 3 is 2.48 bits per heavy atom. The third kappa shape index (κ3) is 4.25. The predicted molar refractivity (Wildman–Crippen MR) is 121 cm³/mol. The minimum Gasteiger partial charge on any atom is -0.504 e. The maximum Gasteiger partial charge on any atom is 0.203 e. The summed E-state index contributed by atoms with van der Waals surface area (Å²) < 4.78 is 12.6. The van der Waals surface area contributed by atoms with Crippen LogP contribution in [0.5, 0.6) is 23.0 Å². The van der Waals surface area contributed by atoms with Crippen molar-refractivity contribution >= 4 is 11.3 Å². The molecule has 31 heavy (non-hydrogen) atoms. The number of benzene rings is 2. The number of nitrogens with zero attached hydrogens (tertiary/aromatic N) is 3. The summed E-state index contributed by atoms with van der Waals surface area (Å²) in [5.74, 6) is 0.753. The Balaban J connectivity index is 1.87. The Morgan fingerprint density at radius 1 is 1.03 bits per heavy atom. The van der Waals surface area contributed by atoms with Gasteiger partial charge in [-0.15, -0.1) is 0 Å². The number of rotatable bonds is 5. The van der Waals surface area contributed by atoms with Crippen LogP contribution in [0.1, 0.15) is 32.1 Å². The van der Waals surface area contributed by atoms with Gasteiger partial charge in [0.05, 0.1) is 20.3 Å². The summed E-state index contributed by atoms with van der Waals surface area (Å²) in [5.41, 5.74) is 2.23. The van der Waals surface area contributed by atoms with Crippen molar-refractivity contribution < 1.29 is 19.7 Å². The van der Waals surface area contributed by atoms with Crippen LogP contribution in [0.25, 0.3) is 21.7 Å². The molecule has 8 heteroatoms. The average molecular weight is 442 g/mol. The van der Waals surface area contributed by atoms with E-state index in [0.29, 0.717) is 23.1 Å². The lowest BCUT2D eigenvalue weighted by molar-refractivity contribution is 0.372. The molecule has 1 heterocycles. The number of hydrogen-bond donors (Lipinski definition) is 2. The van der Waals surface area contributed by atoms with Gasteiger partial charge in [0.1, 0.15) is 5.01 Å². The zero-order valence-electron chi connectivity index (χ0n) is 18.0. The van der Waals surface area contributed by atoms with Crippen molar-refractivity contribution in [3.8, 4) is 44.7 Å². The van der Waals surface area contributed by atoms with Crippen LogP contribution < -0.4 is 14.3 Å². The Kier molecular flexibility index (Phi) is 6.18. The molecule has 0 spiro atoms. The summed E-state index contributed by atoms with van der Waals surface area (Å²) in [6, 6.07) is 8.83. The van der Waals surface area contributed by atoms with Crippen LogP contribution in [0.15, 0.2) is 35.3 Å². The van der Waals surface area contributed by atoms with Crippen molar-refractivity contribution in [3.63, 3.8) is 0 Å². The van der Waals surface area contributed by atoms with Gasteiger partial charge in [-0.3, -0.25) is 4.99 Å². The first-order valence-electron chi connectivity index (χ1n) is 10.4. The normalized spacial score (nSPS) is 15.3. The van der Waals surface area contributed by atoms with Crippen molar-refractivity contribution in [2.24, 2.45) is 12.0 Å². The Morgan fingerprint density at radius 2 is 1.77 bits per heavy atom. The molecule has 2 aromatic carbocycles. The van der Waals surface area contributed by atoms with Crippen molar-refractivity contribution in [1.29, 1.82) is 0 Å². The molecule has 1 aromatic heterocycles. The maximum absolute atomic E-state index is 10.4. The Labute approximate surface area is 185 Å². The van der Waals surface area contributed by atoms with Gasteiger partial charge < -0.3 is 19.7 Å². The van der Waals surface area contributed by atoms with Gasteiger partial charge in [0.25, 0.3) is 0 Å². The van der Waals surface area contributed by atoms with E-state index in [0.717, 1.165) is 33.8 Å². The van der Waals surface area contributed by atoms with Crippen LogP contribution in [0.2, 0.25) is 0 Å². The van der Waals surface area contributed by atoms with E-state index in [9.17, 15) is 10.2 Å². The van der Waals surface area contributed by atoms with Crippen molar-refractivity contribution in [3.05, 3.63) is 35.1 Å². The third-order valence-electron chi connectivity index (χ3n) is 5.61. The van der Waals surface area contributed by atoms with Crippen LogP contribution in [-0.4, -0.2) is 40.3 Å². The fraction of sp³-hybridized carbons (Fsp3) is 0.391. The topological polar surface area (TPSA) is 89.1 Å². The van der Waals surface area contributed by atoms with Crippen molar-refractivity contribution in [2.75, 3.05) is 14.2 Å². The van der Waals surface area contributed by atoms with E-state index in [2.05, 4.69) is 0 Å². The standard InChI is InChI=1S/C23H27N3O4S/c1-26-23(24-15-7-5-4-6-8-15)31-22(25-26)16-10-12-18(28)21(30-3)20(16)14-9-11-17(27)19(13-14)29-2/h9-13,15,27-28H,4-8H2,1-3H3. The summed E-state index contributed by atoms with van der Waals surface area (Å²) in [6.07, 6.45) is 5.99. The number of aryl methyl sites for hydroxylation is 1. The SMILES string of the molecule is COc1cc(-c2c(-c3nn(C)c(=NC4CCCCC4)s3)ccc(O)c2OC)ccc1O. The van der Waals surface area contributed by atoms with Gasteiger partial charge in [0, 0.05) is 18.2 Å². The zero-order valence-corrected chi connectivity index (χ0v) is 18.8. The highest BCUT2D eigenvalue weighted by atomic mass is 32.1. The second-order valence-electron chi connectivity index (χ2n) is 7.66. The molecule has 7 nitrogen and oxygen atoms in total. The summed E-state index contributed by atoms with van der Waals surface area (Å²) in [5, 5.41) is 25.9. The Bertz CT molecular complexity index is 1150. The predicted octanol–water partition coefficient (Wildman–Crippen LogP) is 4.48. The van der Waals surface area contributed by atoms with E-state index < -0.39 is 0 Å². The largest absolute Gasteiger partial charge is 0.504 e. The van der Waals surface area contributed by atoms with Gasteiger partial charge in [0.2, 0.25) is 4.80 Å². The van der Waals surface area contributed by atoms with Crippen LogP contribution in [0.3, 0.4) is 0 Å². The smallest absolute Gasteiger partial charge is 0.203 e. The minimum atomic E-state index is 0.0290. The Hall–Kier alpha value is -3.00. The molecular formula is C23H27N3O4S. The molecule has 1 fully saturated rings.